The largest absolute Gasteiger partial charge is 0.494 e. The fourth-order valence-electron chi connectivity index (χ4n) is 1.29. The predicted molar refractivity (Wildman–Crippen MR) is 67.7 cm³/mol. The second-order valence-electron chi connectivity index (χ2n) is 3.79. The monoisotopic (exact) mass is 272 g/mol. The van der Waals surface area contributed by atoms with Gasteiger partial charge in [-0.05, 0) is 24.6 Å². The summed E-state index contributed by atoms with van der Waals surface area (Å²) in [5.74, 6) is 0.626. The van der Waals surface area contributed by atoms with Crippen molar-refractivity contribution >= 4 is 15.7 Å². The second-order valence-corrected chi connectivity index (χ2v) is 5.81. The molecule has 6 nitrogen and oxygen atoms in total. The Morgan fingerprint density at radius 3 is 2.83 bits per heavy atom. The minimum absolute atomic E-state index is 0.142. The van der Waals surface area contributed by atoms with Crippen molar-refractivity contribution in [2.75, 3.05) is 12.9 Å². The highest BCUT2D eigenvalue weighted by molar-refractivity contribution is 7.90. The number of amidine groups is 1. The molecule has 0 heterocycles. The Kier molecular flexibility index (Phi) is 4.96. The molecule has 0 aliphatic heterocycles. The Morgan fingerprint density at radius 1 is 1.50 bits per heavy atom. The number of nitrogens with two attached hydrogens (primary N) is 1. The van der Waals surface area contributed by atoms with Crippen LogP contribution in [0.4, 0.5) is 0 Å². The van der Waals surface area contributed by atoms with Gasteiger partial charge in [-0.1, -0.05) is 11.2 Å². The normalized spacial score (nSPS) is 12.4. The first-order chi connectivity index (χ1) is 8.43. The van der Waals surface area contributed by atoms with Gasteiger partial charge in [-0.15, -0.1) is 0 Å². The molecule has 7 heteroatoms. The summed E-state index contributed by atoms with van der Waals surface area (Å²) in [5.41, 5.74) is 5.30. The number of hydrogen-bond acceptors (Lipinski definition) is 5. The lowest BCUT2D eigenvalue weighted by Crippen LogP contribution is -2.12. The van der Waals surface area contributed by atoms with Crippen LogP contribution in [0.1, 0.15) is 12.8 Å². The number of sulfone groups is 1. The maximum atomic E-state index is 11.3. The van der Waals surface area contributed by atoms with Crippen LogP contribution in [0.5, 0.6) is 5.75 Å². The topological polar surface area (TPSA) is 102 Å². The van der Waals surface area contributed by atoms with Gasteiger partial charge in [0.1, 0.15) is 11.6 Å². The van der Waals surface area contributed by atoms with E-state index in [1.54, 1.807) is 12.1 Å². The molecule has 3 N–H and O–H groups in total. The molecule has 0 bridgehead atoms. The van der Waals surface area contributed by atoms with Crippen molar-refractivity contribution in [3.63, 3.8) is 0 Å². The predicted octanol–water partition coefficient (Wildman–Crippen LogP) is 0.996. The minimum atomic E-state index is -3.23. The highest BCUT2D eigenvalue weighted by atomic mass is 32.2. The zero-order valence-corrected chi connectivity index (χ0v) is 10.9. The van der Waals surface area contributed by atoms with Gasteiger partial charge in [-0.25, -0.2) is 8.42 Å². The van der Waals surface area contributed by atoms with Crippen LogP contribution in [0.25, 0.3) is 0 Å². The molecule has 0 aromatic heterocycles. The van der Waals surface area contributed by atoms with E-state index in [0.29, 0.717) is 25.2 Å². The van der Waals surface area contributed by atoms with Crippen molar-refractivity contribution < 1.29 is 18.4 Å². The van der Waals surface area contributed by atoms with Gasteiger partial charge >= 0.3 is 0 Å². The third-order valence-electron chi connectivity index (χ3n) is 2.21. The van der Waals surface area contributed by atoms with E-state index in [1.807, 2.05) is 0 Å². The van der Waals surface area contributed by atoms with E-state index in [2.05, 4.69) is 5.16 Å². The molecule has 0 spiro atoms. The van der Waals surface area contributed by atoms with Gasteiger partial charge in [-0.2, -0.15) is 0 Å². The summed E-state index contributed by atoms with van der Waals surface area (Å²) in [6.07, 6.45) is 2.14. The van der Waals surface area contributed by atoms with Gasteiger partial charge in [0.25, 0.3) is 0 Å². The molecule has 0 atom stereocenters. The molecule has 1 rings (SSSR count). The molecule has 100 valence electrons. The molecule has 0 aliphatic carbocycles. The molecule has 0 saturated carbocycles. The number of hydrogen-bond donors (Lipinski definition) is 2. The minimum Gasteiger partial charge on any atom is -0.494 e. The molecule has 0 unspecified atom stereocenters. The number of oxime groups is 1. The summed E-state index contributed by atoms with van der Waals surface area (Å²) < 4.78 is 28.0. The van der Waals surface area contributed by atoms with E-state index in [-0.39, 0.29) is 10.7 Å². The van der Waals surface area contributed by atoms with Crippen LogP contribution in [-0.4, -0.2) is 32.3 Å². The quantitative estimate of drug-likeness (QED) is 0.264. The molecule has 0 aliphatic rings. The zero-order chi connectivity index (χ0) is 13.6. The van der Waals surface area contributed by atoms with Crippen LogP contribution in [0, 0.1) is 0 Å². The standard InChI is InChI=1S/C11H16N2O4S/c1-18(15,16)10-5-2-4-9(8-10)17-7-3-6-11(12)13-14/h2,4-5,8,14H,3,6-7H2,1H3,(H2,12,13). The molecular formula is C11H16N2O4S. The molecule has 18 heavy (non-hydrogen) atoms. The summed E-state index contributed by atoms with van der Waals surface area (Å²) in [6, 6.07) is 6.28. The van der Waals surface area contributed by atoms with E-state index in [0.717, 1.165) is 6.26 Å². The van der Waals surface area contributed by atoms with E-state index in [1.165, 1.54) is 12.1 Å². The van der Waals surface area contributed by atoms with Crippen molar-refractivity contribution in [2.24, 2.45) is 10.9 Å². The molecular weight excluding hydrogens is 256 g/mol. The first-order valence-electron chi connectivity index (χ1n) is 5.33. The van der Waals surface area contributed by atoms with Crippen LogP contribution in [0.2, 0.25) is 0 Å². The van der Waals surface area contributed by atoms with Crippen molar-refractivity contribution in [2.45, 2.75) is 17.7 Å². The Bertz CT molecular complexity index is 526. The van der Waals surface area contributed by atoms with Crippen molar-refractivity contribution in [1.82, 2.24) is 0 Å². The Labute approximate surface area is 106 Å². The van der Waals surface area contributed by atoms with Crippen LogP contribution >= 0.6 is 0 Å². The number of rotatable bonds is 6. The Balaban J connectivity index is 2.54. The van der Waals surface area contributed by atoms with Gasteiger partial charge in [0, 0.05) is 12.7 Å². The lowest BCUT2D eigenvalue weighted by atomic mass is 10.3. The van der Waals surface area contributed by atoms with Crippen LogP contribution < -0.4 is 10.5 Å². The van der Waals surface area contributed by atoms with Crippen molar-refractivity contribution in [1.29, 1.82) is 0 Å². The van der Waals surface area contributed by atoms with E-state index in [9.17, 15) is 8.42 Å². The number of ether oxygens (including phenoxy) is 1. The molecule has 0 radical (unpaired) electrons. The fourth-order valence-corrected chi connectivity index (χ4v) is 1.94. The lowest BCUT2D eigenvalue weighted by Gasteiger charge is -2.07. The number of nitrogens with zero attached hydrogens (tertiary/aromatic N) is 1. The summed E-state index contributed by atoms with van der Waals surface area (Å²) in [4.78, 5) is 0.219. The summed E-state index contributed by atoms with van der Waals surface area (Å²) in [5, 5.41) is 11.2. The smallest absolute Gasteiger partial charge is 0.175 e. The van der Waals surface area contributed by atoms with Gasteiger partial charge in [-0.3, -0.25) is 0 Å². The van der Waals surface area contributed by atoms with Gasteiger partial charge in [0.05, 0.1) is 11.5 Å². The van der Waals surface area contributed by atoms with Gasteiger partial charge < -0.3 is 15.7 Å². The van der Waals surface area contributed by atoms with Gasteiger partial charge in [0.2, 0.25) is 0 Å². The molecule has 0 saturated heterocycles. The highest BCUT2D eigenvalue weighted by Crippen LogP contribution is 2.17. The molecule has 1 aromatic rings. The second kappa shape index (κ2) is 6.25. The third kappa shape index (κ3) is 4.62. The maximum absolute atomic E-state index is 11.3. The van der Waals surface area contributed by atoms with Crippen LogP contribution in [0.3, 0.4) is 0 Å². The third-order valence-corrected chi connectivity index (χ3v) is 3.32. The van der Waals surface area contributed by atoms with E-state index >= 15 is 0 Å². The SMILES string of the molecule is CS(=O)(=O)c1cccc(OCCC/C(N)=N/O)c1. The summed E-state index contributed by atoms with van der Waals surface area (Å²) in [6.45, 7) is 0.365. The van der Waals surface area contributed by atoms with E-state index < -0.39 is 9.84 Å². The fraction of sp³-hybridized carbons (Fsp3) is 0.364. The van der Waals surface area contributed by atoms with Crippen LogP contribution in [0.15, 0.2) is 34.3 Å². The van der Waals surface area contributed by atoms with Crippen molar-refractivity contribution in [3.8, 4) is 5.75 Å². The first kappa shape index (κ1) is 14.3. The summed E-state index contributed by atoms with van der Waals surface area (Å²) >= 11 is 0. The highest BCUT2D eigenvalue weighted by Gasteiger charge is 2.07. The average Bonchev–Trinajstić information content (AvgIpc) is 2.33. The first-order valence-corrected chi connectivity index (χ1v) is 7.22. The Morgan fingerprint density at radius 2 is 2.22 bits per heavy atom. The molecule has 0 fully saturated rings. The van der Waals surface area contributed by atoms with Gasteiger partial charge in [0.15, 0.2) is 9.84 Å². The Hall–Kier alpha value is -1.76. The molecule has 0 amide bonds. The maximum Gasteiger partial charge on any atom is 0.175 e. The average molecular weight is 272 g/mol. The van der Waals surface area contributed by atoms with E-state index in [4.69, 9.17) is 15.7 Å². The summed E-state index contributed by atoms with van der Waals surface area (Å²) in [7, 11) is -3.23. The van der Waals surface area contributed by atoms with Crippen LogP contribution in [-0.2, 0) is 9.84 Å². The van der Waals surface area contributed by atoms with Crippen molar-refractivity contribution in [3.05, 3.63) is 24.3 Å². The number of benzene rings is 1. The lowest BCUT2D eigenvalue weighted by molar-refractivity contribution is 0.305. The molecule has 1 aromatic carbocycles. The zero-order valence-electron chi connectivity index (χ0n) is 10.0.